The number of alkyl halides is 3. The van der Waals surface area contributed by atoms with E-state index in [4.69, 9.17) is 17.3 Å². The van der Waals surface area contributed by atoms with E-state index in [1.165, 1.54) is 0 Å². The lowest BCUT2D eigenvalue weighted by Gasteiger charge is -2.13. The van der Waals surface area contributed by atoms with Gasteiger partial charge in [-0.25, -0.2) is 9.37 Å². The van der Waals surface area contributed by atoms with Gasteiger partial charge in [0, 0.05) is 4.47 Å². The molecule has 0 saturated carbocycles. The van der Waals surface area contributed by atoms with Gasteiger partial charge in [0.2, 0.25) is 0 Å². The van der Waals surface area contributed by atoms with Crippen molar-refractivity contribution in [1.29, 1.82) is 0 Å². The SMILES string of the molecule is Nc1cc(C(F)(F)F)cc(Nc2c(Cl)cc(F)cc2Br)n1. The van der Waals surface area contributed by atoms with Gasteiger partial charge in [0.1, 0.15) is 17.5 Å². The zero-order valence-corrected chi connectivity index (χ0v) is 12.4. The number of anilines is 3. The van der Waals surface area contributed by atoms with E-state index >= 15 is 0 Å². The third-order valence-corrected chi connectivity index (χ3v) is 3.36. The standard InChI is InChI=1S/C12H7BrClF4N3/c13-7-3-6(15)4-8(14)11(7)21-10-2-5(12(16,17)18)1-9(19)20-10/h1-4H,(H3,19,20,21). The molecule has 1 aromatic heterocycles. The summed E-state index contributed by atoms with van der Waals surface area (Å²) >= 11 is 8.90. The highest BCUT2D eigenvalue weighted by molar-refractivity contribution is 9.10. The normalized spacial score (nSPS) is 11.5. The van der Waals surface area contributed by atoms with Crippen molar-refractivity contribution in [2.75, 3.05) is 11.1 Å². The predicted molar refractivity (Wildman–Crippen MR) is 76.0 cm³/mol. The Morgan fingerprint density at radius 2 is 1.86 bits per heavy atom. The van der Waals surface area contributed by atoms with E-state index in [9.17, 15) is 17.6 Å². The van der Waals surface area contributed by atoms with Crippen LogP contribution in [0.1, 0.15) is 5.56 Å². The number of hydrogen-bond donors (Lipinski definition) is 2. The molecule has 3 nitrogen and oxygen atoms in total. The summed E-state index contributed by atoms with van der Waals surface area (Å²) in [6.07, 6.45) is -4.56. The summed E-state index contributed by atoms with van der Waals surface area (Å²) in [4.78, 5) is 3.74. The summed E-state index contributed by atoms with van der Waals surface area (Å²) < 4.78 is 51.5. The van der Waals surface area contributed by atoms with Crippen molar-refractivity contribution in [3.8, 4) is 0 Å². The van der Waals surface area contributed by atoms with Crippen LogP contribution in [0.4, 0.5) is 34.9 Å². The summed E-state index contributed by atoms with van der Waals surface area (Å²) in [5.74, 6) is -1.05. The molecule has 0 amide bonds. The van der Waals surface area contributed by atoms with Crippen LogP contribution in [-0.2, 0) is 6.18 Å². The molecule has 21 heavy (non-hydrogen) atoms. The van der Waals surface area contributed by atoms with Gasteiger partial charge >= 0.3 is 6.18 Å². The average Bonchev–Trinajstić information content (AvgIpc) is 2.32. The smallest absolute Gasteiger partial charge is 0.384 e. The van der Waals surface area contributed by atoms with E-state index in [1.807, 2.05) is 0 Å². The van der Waals surface area contributed by atoms with Crippen molar-refractivity contribution < 1.29 is 17.6 Å². The molecule has 0 aliphatic rings. The number of nitrogen functional groups attached to an aromatic ring is 1. The van der Waals surface area contributed by atoms with Gasteiger partial charge in [0.15, 0.2) is 0 Å². The highest BCUT2D eigenvalue weighted by Gasteiger charge is 2.31. The molecule has 0 unspecified atom stereocenters. The van der Waals surface area contributed by atoms with Crippen LogP contribution in [0.15, 0.2) is 28.7 Å². The molecule has 3 N–H and O–H groups in total. The third-order valence-electron chi connectivity index (χ3n) is 2.43. The van der Waals surface area contributed by atoms with E-state index in [1.54, 1.807) is 0 Å². The molecule has 1 aromatic carbocycles. The van der Waals surface area contributed by atoms with Crippen LogP contribution in [-0.4, -0.2) is 4.98 Å². The second kappa shape index (κ2) is 5.69. The number of rotatable bonds is 2. The first kappa shape index (κ1) is 15.8. The van der Waals surface area contributed by atoms with Crippen molar-refractivity contribution in [3.63, 3.8) is 0 Å². The lowest BCUT2D eigenvalue weighted by molar-refractivity contribution is -0.137. The number of pyridine rings is 1. The molecular formula is C12H7BrClF4N3. The lowest BCUT2D eigenvalue weighted by Crippen LogP contribution is -2.08. The van der Waals surface area contributed by atoms with Gasteiger partial charge in [0.05, 0.1) is 16.3 Å². The summed E-state index contributed by atoms with van der Waals surface area (Å²) in [5, 5.41) is 2.57. The molecule has 0 atom stereocenters. The van der Waals surface area contributed by atoms with E-state index in [0.717, 1.165) is 18.2 Å². The molecule has 0 spiro atoms. The maximum absolute atomic E-state index is 13.1. The molecule has 0 saturated heterocycles. The molecule has 0 aliphatic carbocycles. The molecule has 0 aliphatic heterocycles. The quantitative estimate of drug-likeness (QED) is 0.718. The van der Waals surface area contributed by atoms with Gasteiger partial charge in [-0.15, -0.1) is 0 Å². The molecule has 2 rings (SSSR count). The largest absolute Gasteiger partial charge is 0.416 e. The summed E-state index contributed by atoms with van der Waals surface area (Å²) in [6, 6.07) is 3.63. The van der Waals surface area contributed by atoms with Crippen molar-refractivity contribution in [3.05, 3.63) is 45.1 Å². The second-order valence-corrected chi connectivity index (χ2v) is 5.29. The van der Waals surface area contributed by atoms with Gasteiger partial charge in [-0.3, -0.25) is 0 Å². The molecule has 2 aromatic rings. The van der Waals surface area contributed by atoms with Crippen LogP contribution in [0.3, 0.4) is 0 Å². The molecule has 112 valence electrons. The van der Waals surface area contributed by atoms with Gasteiger partial charge < -0.3 is 11.1 Å². The number of aromatic nitrogens is 1. The molecule has 0 radical (unpaired) electrons. The molecular weight excluding hydrogens is 378 g/mol. The van der Waals surface area contributed by atoms with Crippen molar-refractivity contribution in [2.24, 2.45) is 0 Å². The number of nitrogens with one attached hydrogen (secondary N) is 1. The van der Waals surface area contributed by atoms with Crippen LogP contribution in [0.25, 0.3) is 0 Å². The fourth-order valence-electron chi connectivity index (χ4n) is 1.57. The van der Waals surface area contributed by atoms with Crippen molar-refractivity contribution >= 4 is 44.9 Å². The van der Waals surface area contributed by atoms with Gasteiger partial charge in [0.25, 0.3) is 0 Å². The topological polar surface area (TPSA) is 50.9 Å². The minimum atomic E-state index is -4.56. The molecule has 9 heteroatoms. The minimum absolute atomic E-state index is 0.0142. The Bertz CT molecular complexity index is 668. The van der Waals surface area contributed by atoms with Crippen LogP contribution in [0, 0.1) is 5.82 Å². The average molecular weight is 385 g/mol. The monoisotopic (exact) mass is 383 g/mol. The van der Waals surface area contributed by atoms with Crippen LogP contribution < -0.4 is 11.1 Å². The van der Waals surface area contributed by atoms with Gasteiger partial charge in [-0.1, -0.05) is 11.6 Å². The number of nitrogens with zero attached hydrogens (tertiary/aromatic N) is 1. The lowest BCUT2D eigenvalue weighted by atomic mass is 10.2. The van der Waals surface area contributed by atoms with E-state index < -0.39 is 17.6 Å². The Labute approximate surface area is 130 Å². The molecule has 1 heterocycles. The van der Waals surface area contributed by atoms with E-state index in [0.29, 0.717) is 6.07 Å². The minimum Gasteiger partial charge on any atom is -0.384 e. The number of nitrogens with two attached hydrogens (primary N) is 1. The molecule has 0 bridgehead atoms. The Kier molecular flexibility index (Phi) is 4.29. The maximum atomic E-state index is 13.1. The first-order valence-electron chi connectivity index (χ1n) is 5.43. The third kappa shape index (κ3) is 3.76. The Hall–Kier alpha value is -1.54. The summed E-state index contributed by atoms with van der Waals surface area (Å²) in [6.45, 7) is 0. The van der Waals surface area contributed by atoms with Crippen molar-refractivity contribution in [2.45, 2.75) is 6.18 Å². The Morgan fingerprint density at radius 3 is 2.43 bits per heavy atom. The number of halogens is 6. The maximum Gasteiger partial charge on any atom is 0.416 e. The Balaban J connectivity index is 2.43. The van der Waals surface area contributed by atoms with Crippen molar-refractivity contribution in [1.82, 2.24) is 4.98 Å². The van der Waals surface area contributed by atoms with Crippen LogP contribution >= 0.6 is 27.5 Å². The zero-order valence-electron chi connectivity index (χ0n) is 10.1. The highest BCUT2D eigenvalue weighted by atomic mass is 79.9. The van der Waals surface area contributed by atoms with Crippen LogP contribution in [0.5, 0.6) is 0 Å². The van der Waals surface area contributed by atoms with Gasteiger partial charge in [-0.2, -0.15) is 13.2 Å². The predicted octanol–water partition coefficient (Wildman–Crippen LogP) is 4.98. The number of hydrogen-bond acceptors (Lipinski definition) is 3. The van der Waals surface area contributed by atoms with Gasteiger partial charge in [-0.05, 0) is 40.2 Å². The summed E-state index contributed by atoms with van der Waals surface area (Å²) in [5.41, 5.74) is 4.59. The molecule has 0 fully saturated rings. The second-order valence-electron chi connectivity index (χ2n) is 4.03. The van der Waals surface area contributed by atoms with E-state index in [2.05, 4.69) is 26.2 Å². The zero-order chi connectivity index (χ0) is 15.8. The fourth-order valence-corrected chi connectivity index (χ4v) is 2.47. The summed E-state index contributed by atoms with van der Waals surface area (Å²) in [7, 11) is 0. The van der Waals surface area contributed by atoms with Crippen LogP contribution in [0.2, 0.25) is 5.02 Å². The fraction of sp³-hybridized carbons (Fsp3) is 0.0833. The highest BCUT2D eigenvalue weighted by Crippen LogP contribution is 2.36. The Morgan fingerprint density at radius 1 is 1.19 bits per heavy atom. The van der Waals surface area contributed by atoms with E-state index in [-0.39, 0.29) is 26.8 Å². The first-order valence-corrected chi connectivity index (χ1v) is 6.60. The first-order chi connectivity index (χ1) is 9.66. The number of benzene rings is 1.